The van der Waals surface area contributed by atoms with Crippen LogP contribution in [0.15, 0.2) is 18.2 Å². The zero-order valence-corrected chi connectivity index (χ0v) is 11.4. The molecular weight excluding hydrogens is 268 g/mol. The van der Waals surface area contributed by atoms with Crippen LogP contribution in [0.3, 0.4) is 0 Å². The predicted molar refractivity (Wildman–Crippen MR) is 69.1 cm³/mol. The predicted octanol–water partition coefficient (Wildman–Crippen LogP) is 2.12. The molecule has 0 bridgehead atoms. The van der Waals surface area contributed by atoms with Crippen molar-refractivity contribution >= 4 is 11.9 Å². The molecule has 2 N–H and O–H groups in total. The summed E-state index contributed by atoms with van der Waals surface area (Å²) in [5.41, 5.74) is -0.838. The minimum Gasteiger partial charge on any atom is -0.481 e. The molecule has 0 atom stereocenters. The lowest BCUT2D eigenvalue weighted by atomic mass is 9.90. The maximum absolute atomic E-state index is 13.3. The van der Waals surface area contributed by atoms with E-state index in [-0.39, 0.29) is 24.9 Å². The molecule has 0 aliphatic heterocycles. The normalized spacial score (nSPS) is 11.2. The fraction of sp³-hybridized carbons (Fsp3) is 0.429. The summed E-state index contributed by atoms with van der Waals surface area (Å²) in [5.74, 6) is -2.85. The molecule has 6 heteroatoms. The number of hydrogen-bond acceptors (Lipinski definition) is 2. The van der Waals surface area contributed by atoms with Crippen LogP contribution in [0.2, 0.25) is 0 Å². The van der Waals surface area contributed by atoms with Crippen LogP contribution < -0.4 is 5.32 Å². The van der Waals surface area contributed by atoms with Gasteiger partial charge in [0.05, 0.1) is 11.8 Å². The van der Waals surface area contributed by atoms with Crippen LogP contribution in [-0.2, 0) is 16.0 Å². The second-order valence-electron chi connectivity index (χ2n) is 5.20. The number of hydrogen-bond donors (Lipinski definition) is 2. The van der Waals surface area contributed by atoms with E-state index in [0.29, 0.717) is 0 Å². The Morgan fingerprint density at radius 3 is 2.50 bits per heavy atom. The Morgan fingerprint density at radius 2 is 1.95 bits per heavy atom. The lowest BCUT2D eigenvalue weighted by molar-refractivity contribution is -0.147. The van der Waals surface area contributed by atoms with Crippen LogP contribution in [0.4, 0.5) is 8.78 Å². The van der Waals surface area contributed by atoms with Crippen molar-refractivity contribution in [3.63, 3.8) is 0 Å². The molecule has 110 valence electrons. The molecule has 0 radical (unpaired) electrons. The lowest BCUT2D eigenvalue weighted by Crippen LogP contribution is -2.32. The standard InChI is InChI=1S/C14H17F2NO3/c1-14(2,13(19)20)5-6-17-12(18)7-9-3-4-10(15)8-11(9)16/h3-4,8H,5-7H2,1-2H3,(H,17,18)(H,19,20). The van der Waals surface area contributed by atoms with Gasteiger partial charge in [-0.15, -0.1) is 0 Å². The highest BCUT2D eigenvalue weighted by Gasteiger charge is 2.26. The van der Waals surface area contributed by atoms with Crippen molar-refractivity contribution in [2.45, 2.75) is 26.7 Å². The topological polar surface area (TPSA) is 66.4 Å². The van der Waals surface area contributed by atoms with Gasteiger partial charge in [-0.25, -0.2) is 8.78 Å². The molecule has 0 heterocycles. The number of rotatable bonds is 6. The summed E-state index contributed by atoms with van der Waals surface area (Å²) in [4.78, 5) is 22.5. The van der Waals surface area contributed by atoms with E-state index in [9.17, 15) is 18.4 Å². The zero-order valence-electron chi connectivity index (χ0n) is 11.4. The highest BCUT2D eigenvalue weighted by molar-refractivity contribution is 5.78. The minimum absolute atomic E-state index is 0.0985. The van der Waals surface area contributed by atoms with E-state index < -0.39 is 28.9 Å². The summed E-state index contributed by atoms with van der Waals surface area (Å²) in [6.07, 6.45) is 0.0551. The Balaban J connectivity index is 2.47. The number of nitrogens with one attached hydrogen (secondary N) is 1. The van der Waals surface area contributed by atoms with Crippen molar-refractivity contribution in [1.82, 2.24) is 5.32 Å². The molecule has 0 spiro atoms. The third-order valence-corrected chi connectivity index (χ3v) is 3.02. The van der Waals surface area contributed by atoms with Gasteiger partial charge in [-0.05, 0) is 31.9 Å². The number of halogens is 2. The number of carbonyl (C=O) groups is 2. The third-order valence-electron chi connectivity index (χ3n) is 3.02. The van der Waals surface area contributed by atoms with Gasteiger partial charge in [0.2, 0.25) is 5.91 Å². The van der Waals surface area contributed by atoms with Crippen LogP contribution in [-0.4, -0.2) is 23.5 Å². The summed E-state index contributed by atoms with van der Waals surface area (Å²) < 4.78 is 26.0. The number of carboxylic acids is 1. The second kappa shape index (κ2) is 6.45. The summed E-state index contributed by atoms with van der Waals surface area (Å²) in [5, 5.41) is 11.4. The molecule has 20 heavy (non-hydrogen) atoms. The highest BCUT2D eigenvalue weighted by Crippen LogP contribution is 2.19. The van der Waals surface area contributed by atoms with Gasteiger partial charge in [0, 0.05) is 12.6 Å². The third kappa shape index (κ3) is 4.60. The number of amides is 1. The first-order valence-electron chi connectivity index (χ1n) is 6.16. The number of aliphatic carboxylic acids is 1. The first-order valence-corrected chi connectivity index (χ1v) is 6.16. The lowest BCUT2D eigenvalue weighted by Gasteiger charge is -2.18. The van der Waals surface area contributed by atoms with Crippen LogP contribution in [0, 0.1) is 17.0 Å². The van der Waals surface area contributed by atoms with E-state index >= 15 is 0 Å². The monoisotopic (exact) mass is 285 g/mol. The molecule has 1 aromatic carbocycles. The largest absolute Gasteiger partial charge is 0.481 e. The smallest absolute Gasteiger partial charge is 0.309 e. The molecule has 4 nitrogen and oxygen atoms in total. The Bertz CT molecular complexity index is 515. The van der Waals surface area contributed by atoms with Crippen LogP contribution in [0.25, 0.3) is 0 Å². The number of carbonyl (C=O) groups excluding carboxylic acids is 1. The molecule has 0 saturated heterocycles. The first-order chi connectivity index (χ1) is 9.22. The van der Waals surface area contributed by atoms with Crippen LogP contribution in [0.5, 0.6) is 0 Å². The average Bonchev–Trinajstić information content (AvgIpc) is 2.32. The summed E-state index contributed by atoms with van der Waals surface area (Å²) in [7, 11) is 0. The van der Waals surface area contributed by atoms with Gasteiger partial charge >= 0.3 is 5.97 Å². The number of benzene rings is 1. The Labute approximate surface area is 115 Å². The molecule has 0 aromatic heterocycles. The summed E-state index contributed by atoms with van der Waals surface area (Å²) >= 11 is 0. The number of carboxylic acid groups (broad SMARTS) is 1. The SMILES string of the molecule is CC(C)(CCNC(=O)Cc1ccc(F)cc1F)C(=O)O. The highest BCUT2D eigenvalue weighted by atomic mass is 19.1. The fourth-order valence-electron chi connectivity index (χ4n) is 1.52. The van der Waals surface area contributed by atoms with E-state index in [1.807, 2.05) is 0 Å². The molecule has 0 fully saturated rings. The van der Waals surface area contributed by atoms with Gasteiger partial charge in [-0.3, -0.25) is 9.59 Å². The van der Waals surface area contributed by atoms with Gasteiger partial charge in [0.15, 0.2) is 0 Å². The van der Waals surface area contributed by atoms with Gasteiger partial charge in [0.1, 0.15) is 11.6 Å². The van der Waals surface area contributed by atoms with Crippen LogP contribution >= 0.6 is 0 Å². The molecule has 0 saturated carbocycles. The molecule has 0 aliphatic rings. The van der Waals surface area contributed by atoms with E-state index in [2.05, 4.69) is 5.32 Å². The molecule has 1 amide bonds. The van der Waals surface area contributed by atoms with E-state index in [1.54, 1.807) is 13.8 Å². The van der Waals surface area contributed by atoms with Gasteiger partial charge in [0.25, 0.3) is 0 Å². The zero-order chi connectivity index (χ0) is 15.3. The quantitative estimate of drug-likeness (QED) is 0.841. The Morgan fingerprint density at radius 1 is 1.30 bits per heavy atom. The maximum atomic E-state index is 13.3. The van der Waals surface area contributed by atoms with Crippen molar-refractivity contribution < 1.29 is 23.5 Å². The second-order valence-corrected chi connectivity index (χ2v) is 5.20. The fourth-order valence-corrected chi connectivity index (χ4v) is 1.52. The molecule has 1 aromatic rings. The van der Waals surface area contributed by atoms with Gasteiger partial charge in [-0.1, -0.05) is 6.07 Å². The molecule has 0 aliphatic carbocycles. The van der Waals surface area contributed by atoms with Gasteiger partial charge < -0.3 is 10.4 Å². The van der Waals surface area contributed by atoms with Crippen molar-refractivity contribution in [1.29, 1.82) is 0 Å². The molecular formula is C14H17F2NO3. The maximum Gasteiger partial charge on any atom is 0.309 e. The van der Waals surface area contributed by atoms with Crippen molar-refractivity contribution in [3.05, 3.63) is 35.4 Å². The average molecular weight is 285 g/mol. The first kappa shape index (κ1) is 16.1. The van der Waals surface area contributed by atoms with Crippen molar-refractivity contribution in [2.24, 2.45) is 5.41 Å². The molecule has 0 unspecified atom stereocenters. The summed E-state index contributed by atoms with van der Waals surface area (Å²) in [6.45, 7) is 3.29. The Hall–Kier alpha value is -1.98. The van der Waals surface area contributed by atoms with Crippen molar-refractivity contribution in [2.75, 3.05) is 6.54 Å². The summed E-state index contributed by atoms with van der Waals surface area (Å²) in [6, 6.07) is 3.01. The van der Waals surface area contributed by atoms with E-state index in [0.717, 1.165) is 12.1 Å². The van der Waals surface area contributed by atoms with Gasteiger partial charge in [-0.2, -0.15) is 0 Å². The van der Waals surface area contributed by atoms with E-state index in [4.69, 9.17) is 5.11 Å². The Kier molecular flexibility index (Phi) is 5.19. The molecule has 1 rings (SSSR count). The van der Waals surface area contributed by atoms with E-state index in [1.165, 1.54) is 6.07 Å². The van der Waals surface area contributed by atoms with Crippen LogP contribution in [0.1, 0.15) is 25.8 Å². The van der Waals surface area contributed by atoms with Crippen molar-refractivity contribution in [3.8, 4) is 0 Å². The minimum atomic E-state index is -0.948.